The molecule has 0 aliphatic carbocycles. The van der Waals surface area contributed by atoms with Crippen LogP contribution in [0.4, 0.5) is 4.79 Å². The third kappa shape index (κ3) is 5.53. The zero-order valence-electron chi connectivity index (χ0n) is 13.6. The fourth-order valence-electron chi connectivity index (χ4n) is 1.58. The molecule has 1 unspecified atom stereocenters. The van der Waals surface area contributed by atoms with E-state index in [1.165, 1.54) is 11.7 Å². The monoisotopic (exact) mass is 428 g/mol. The Morgan fingerprint density at radius 1 is 1.29 bits per heavy atom. The average molecular weight is 429 g/mol. The van der Waals surface area contributed by atoms with Crippen LogP contribution in [0.25, 0.3) is 0 Å². The second kappa shape index (κ2) is 9.88. The molecule has 0 saturated heterocycles. The lowest BCUT2D eigenvalue weighted by molar-refractivity contribution is 0.184. The number of carbonyl (C=O) groups is 1. The van der Waals surface area contributed by atoms with Gasteiger partial charge in [0.2, 0.25) is 0 Å². The number of hydrogen-bond donors (Lipinski definition) is 0. The summed E-state index contributed by atoms with van der Waals surface area (Å²) in [5.74, 6) is 0.957. The molecule has 0 spiro atoms. The number of amides is 1. The Kier molecular flexibility index (Phi) is 8.88. The molecule has 0 heterocycles. The van der Waals surface area contributed by atoms with E-state index in [1.54, 1.807) is 31.3 Å². The van der Waals surface area contributed by atoms with Crippen LogP contribution in [0.5, 0.6) is 5.75 Å². The molecule has 134 valence electrons. The number of thiocarbonyl (C=S) groups is 1. The minimum absolute atomic E-state index is 0.0442. The summed E-state index contributed by atoms with van der Waals surface area (Å²) in [7, 11) is 3.00. The van der Waals surface area contributed by atoms with E-state index in [-0.39, 0.29) is 5.88 Å². The third-order valence-corrected chi connectivity index (χ3v) is 10.1. The number of hydrogen-bond acceptors (Lipinski definition) is 5. The van der Waals surface area contributed by atoms with Crippen LogP contribution in [-0.4, -0.2) is 46.2 Å². The van der Waals surface area contributed by atoms with Crippen LogP contribution in [0, 0.1) is 0 Å². The largest absolute Gasteiger partial charge is 0.422 e. The standard InChI is InChI=1S/C14H19Cl2N2O3PS2/c1-4-9-24-22(20,17(2)13(23)10-15)18(3)14(19)21-12-7-5-11(16)6-8-12/h5-8H,4,9-10H2,1-3H3. The van der Waals surface area contributed by atoms with Crippen molar-refractivity contribution in [1.29, 1.82) is 0 Å². The van der Waals surface area contributed by atoms with Gasteiger partial charge in [0, 0.05) is 24.9 Å². The molecule has 0 N–H and O–H groups in total. The first-order valence-corrected chi connectivity index (χ1v) is 11.6. The molecule has 0 fully saturated rings. The van der Waals surface area contributed by atoms with Gasteiger partial charge in [-0.25, -0.2) is 9.46 Å². The number of ether oxygens (including phenoxy) is 1. The molecular formula is C14H19Cl2N2O3PS2. The Morgan fingerprint density at radius 3 is 2.38 bits per heavy atom. The summed E-state index contributed by atoms with van der Waals surface area (Å²) in [4.78, 5) is 12.7. The molecule has 0 aromatic heterocycles. The highest BCUT2D eigenvalue weighted by atomic mass is 35.5. The maximum Gasteiger partial charge on any atom is 0.422 e. The van der Waals surface area contributed by atoms with Crippen LogP contribution in [0.2, 0.25) is 5.02 Å². The number of rotatable bonds is 7. The van der Waals surface area contributed by atoms with Gasteiger partial charge in [0.25, 0.3) is 0 Å². The first kappa shape index (κ1) is 21.6. The van der Waals surface area contributed by atoms with Crippen LogP contribution in [0.3, 0.4) is 0 Å². The van der Waals surface area contributed by atoms with Crippen molar-refractivity contribution in [2.45, 2.75) is 13.3 Å². The van der Waals surface area contributed by atoms with Crippen LogP contribution in [0.1, 0.15) is 13.3 Å². The normalized spacial score (nSPS) is 13.0. The second-order valence-corrected chi connectivity index (χ2v) is 10.9. The molecule has 0 aliphatic rings. The predicted molar refractivity (Wildman–Crippen MR) is 107 cm³/mol. The SMILES string of the molecule is CCCSP(=O)(N(C)C(=O)Oc1ccc(Cl)cc1)N(C)C(=S)CCl. The van der Waals surface area contributed by atoms with E-state index in [0.29, 0.717) is 21.5 Å². The Morgan fingerprint density at radius 2 is 1.88 bits per heavy atom. The molecule has 1 amide bonds. The van der Waals surface area contributed by atoms with E-state index in [9.17, 15) is 9.36 Å². The van der Waals surface area contributed by atoms with Crippen molar-refractivity contribution in [3.05, 3.63) is 29.3 Å². The first-order valence-electron chi connectivity index (χ1n) is 7.05. The van der Waals surface area contributed by atoms with E-state index >= 15 is 0 Å². The zero-order chi connectivity index (χ0) is 18.3. The Labute approximate surface area is 161 Å². The van der Waals surface area contributed by atoms with E-state index in [0.717, 1.165) is 22.5 Å². The first-order chi connectivity index (χ1) is 11.3. The number of benzene rings is 1. The molecule has 0 aliphatic heterocycles. The summed E-state index contributed by atoms with van der Waals surface area (Å²) in [6.45, 7) is -1.37. The molecule has 1 atom stereocenters. The maximum absolute atomic E-state index is 13.4. The van der Waals surface area contributed by atoms with Crippen LogP contribution < -0.4 is 4.74 Å². The Bertz CT molecular complexity index is 631. The van der Waals surface area contributed by atoms with Crippen molar-refractivity contribution in [2.24, 2.45) is 0 Å². The summed E-state index contributed by atoms with van der Waals surface area (Å²) >= 11 is 17.9. The highest BCUT2D eigenvalue weighted by Crippen LogP contribution is 2.63. The van der Waals surface area contributed by atoms with Gasteiger partial charge in [0.15, 0.2) is 0 Å². The van der Waals surface area contributed by atoms with E-state index in [4.69, 9.17) is 40.2 Å². The highest BCUT2D eigenvalue weighted by molar-refractivity contribution is 8.56. The van der Waals surface area contributed by atoms with Crippen molar-refractivity contribution in [2.75, 3.05) is 25.7 Å². The maximum atomic E-state index is 13.4. The molecule has 0 radical (unpaired) electrons. The quantitative estimate of drug-likeness (QED) is 0.323. The van der Waals surface area contributed by atoms with Crippen molar-refractivity contribution in [1.82, 2.24) is 9.34 Å². The Hall–Kier alpha value is -0.460. The van der Waals surface area contributed by atoms with Gasteiger partial charge < -0.3 is 4.74 Å². The molecule has 0 bridgehead atoms. The molecule has 1 rings (SSSR count). The lowest BCUT2D eigenvalue weighted by Gasteiger charge is -2.34. The summed E-state index contributed by atoms with van der Waals surface area (Å²) in [5, 5.41) is 0.527. The summed E-state index contributed by atoms with van der Waals surface area (Å²) in [6, 6.07) is 6.32. The van der Waals surface area contributed by atoms with Gasteiger partial charge in [-0.15, -0.1) is 11.6 Å². The van der Waals surface area contributed by atoms with Crippen molar-refractivity contribution in [3.8, 4) is 5.75 Å². The van der Waals surface area contributed by atoms with Gasteiger partial charge >= 0.3 is 12.7 Å². The lowest BCUT2D eigenvalue weighted by atomic mass is 10.3. The van der Waals surface area contributed by atoms with E-state index < -0.39 is 12.7 Å². The van der Waals surface area contributed by atoms with Gasteiger partial charge in [0.1, 0.15) is 5.75 Å². The lowest BCUT2D eigenvalue weighted by Crippen LogP contribution is -2.35. The van der Waals surface area contributed by atoms with Gasteiger partial charge in [-0.05, 0) is 30.7 Å². The minimum Gasteiger partial charge on any atom is -0.410 e. The fraction of sp³-hybridized carbons (Fsp3) is 0.429. The molecule has 24 heavy (non-hydrogen) atoms. The van der Waals surface area contributed by atoms with E-state index in [1.807, 2.05) is 6.92 Å². The van der Waals surface area contributed by atoms with Gasteiger partial charge in [0.05, 0.1) is 10.9 Å². The smallest absolute Gasteiger partial charge is 0.410 e. The summed E-state index contributed by atoms with van der Waals surface area (Å²) < 4.78 is 21.1. The fourth-order valence-corrected chi connectivity index (χ4v) is 7.03. The Balaban J connectivity index is 2.99. The molecular weight excluding hydrogens is 410 g/mol. The van der Waals surface area contributed by atoms with Crippen molar-refractivity contribution in [3.63, 3.8) is 0 Å². The molecule has 0 saturated carbocycles. The highest BCUT2D eigenvalue weighted by Gasteiger charge is 2.38. The molecule has 10 heteroatoms. The number of halogens is 2. The topological polar surface area (TPSA) is 49.9 Å². The van der Waals surface area contributed by atoms with Crippen molar-refractivity contribution >= 4 is 64.5 Å². The molecule has 1 aromatic carbocycles. The average Bonchev–Trinajstić information content (AvgIpc) is 2.59. The second-order valence-electron chi connectivity index (χ2n) is 4.72. The van der Waals surface area contributed by atoms with Gasteiger partial charge in [-0.3, -0.25) is 9.24 Å². The zero-order valence-corrected chi connectivity index (χ0v) is 17.6. The van der Waals surface area contributed by atoms with Gasteiger partial charge in [-0.2, -0.15) is 0 Å². The van der Waals surface area contributed by atoms with Crippen LogP contribution in [0.15, 0.2) is 24.3 Å². The molecule has 1 aromatic rings. The van der Waals surface area contributed by atoms with Crippen molar-refractivity contribution < 1.29 is 14.1 Å². The predicted octanol–water partition coefficient (Wildman–Crippen LogP) is 5.52. The third-order valence-electron chi connectivity index (χ3n) is 2.98. The molecule has 5 nitrogen and oxygen atoms in total. The van der Waals surface area contributed by atoms with Gasteiger partial charge in [-0.1, -0.05) is 42.1 Å². The number of nitrogens with zero attached hydrogens (tertiary/aromatic N) is 2. The number of alkyl halides is 1. The summed E-state index contributed by atoms with van der Waals surface area (Å²) in [6.07, 6.45) is 0.0596. The van der Waals surface area contributed by atoms with Crippen LogP contribution in [-0.2, 0) is 4.57 Å². The van der Waals surface area contributed by atoms with E-state index in [2.05, 4.69) is 0 Å². The number of carbonyl (C=O) groups excluding carboxylic acids is 1. The minimum atomic E-state index is -3.34. The summed E-state index contributed by atoms with van der Waals surface area (Å²) in [5.41, 5.74) is 0. The van der Waals surface area contributed by atoms with Crippen LogP contribution >= 0.6 is 53.4 Å².